The van der Waals surface area contributed by atoms with Gasteiger partial charge in [-0.2, -0.15) is 4.99 Å². The SMILES string of the molecule is COc1ccc(N2CCCC2)cc1C1(N=C=O)CCCC1. The molecule has 0 aromatic heterocycles. The molecule has 0 atom stereocenters. The molecule has 0 spiro atoms. The molecule has 1 aromatic rings. The van der Waals surface area contributed by atoms with Crippen LogP contribution in [-0.4, -0.2) is 26.3 Å². The van der Waals surface area contributed by atoms with Crippen molar-refractivity contribution in [2.24, 2.45) is 4.99 Å². The fourth-order valence-electron chi connectivity index (χ4n) is 3.72. The first-order valence-corrected chi connectivity index (χ1v) is 7.81. The van der Waals surface area contributed by atoms with Gasteiger partial charge in [-0.25, -0.2) is 4.79 Å². The molecule has 1 saturated heterocycles. The first-order valence-electron chi connectivity index (χ1n) is 7.81. The number of aliphatic imine (C=N–C) groups is 1. The van der Waals surface area contributed by atoms with Crippen LogP contribution in [-0.2, 0) is 10.3 Å². The number of anilines is 1. The molecule has 2 aliphatic rings. The van der Waals surface area contributed by atoms with Crippen molar-refractivity contribution in [3.05, 3.63) is 23.8 Å². The average Bonchev–Trinajstić information content (AvgIpc) is 3.19. The lowest BCUT2D eigenvalue weighted by Crippen LogP contribution is -2.22. The van der Waals surface area contributed by atoms with E-state index in [-0.39, 0.29) is 0 Å². The molecule has 3 rings (SSSR count). The second-order valence-electron chi connectivity index (χ2n) is 6.02. The van der Waals surface area contributed by atoms with Gasteiger partial charge >= 0.3 is 0 Å². The molecular formula is C17H22N2O2. The number of methoxy groups -OCH3 is 1. The van der Waals surface area contributed by atoms with Crippen LogP contribution in [0.15, 0.2) is 23.2 Å². The summed E-state index contributed by atoms with van der Waals surface area (Å²) in [7, 11) is 1.68. The Morgan fingerprint density at radius 2 is 1.90 bits per heavy atom. The monoisotopic (exact) mass is 286 g/mol. The largest absolute Gasteiger partial charge is 0.496 e. The number of nitrogens with zero attached hydrogens (tertiary/aromatic N) is 2. The zero-order chi connectivity index (χ0) is 14.7. The highest BCUT2D eigenvalue weighted by atomic mass is 16.5. The molecule has 0 radical (unpaired) electrons. The third kappa shape index (κ3) is 2.56. The van der Waals surface area contributed by atoms with Gasteiger partial charge < -0.3 is 9.64 Å². The summed E-state index contributed by atoms with van der Waals surface area (Å²) in [6.45, 7) is 2.21. The Balaban J connectivity index is 2.05. The van der Waals surface area contributed by atoms with Gasteiger partial charge in [0.05, 0.1) is 7.11 Å². The van der Waals surface area contributed by atoms with Crippen molar-refractivity contribution in [2.45, 2.75) is 44.1 Å². The number of hydrogen-bond donors (Lipinski definition) is 0. The van der Waals surface area contributed by atoms with Crippen molar-refractivity contribution < 1.29 is 9.53 Å². The van der Waals surface area contributed by atoms with Crippen LogP contribution in [0.3, 0.4) is 0 Å². The minimum atomic E-state index is -0.428. The molecule has 0 bridgehead atoms. The lowest BCUT2D eigenvalue weighted by molar-refractivity contribution is 0.379. The van der Waals surface area contributed by atoms with E-state index in [1.807, 2.05) is 6.07 Å². The van der Waals surface area contributed by atoms with E-state index < -0.39 is 5.54 Å². The van der Waals surface area contributed by atoms with Crippen molar-refractivity contribution in [1.29, 1.82) is 0 Å². The Morgan fingerprint density at radius 1 is 1.19 bits per heavy atom. The Kier molecular flexibility index (Phi) is 3.98. The van der Waals surface area contributed by atoms with E-state index in [9.17, 15) is 4.79 Å². The van der Waals surface area contributed by atoms with E-state index in [1.54, 1.807) is 13.2 Å². The van der Waals surface area contributed by atoms with Gasteiger partial charge in [0.1, 0.15) is 11.3 Å². The van der Waals surface area contributed by atoms with E-state index in [0.717, 1.165) is 50.1 Å². The molecule has 1 aliphatic heterocycles. The predicted octanol–water partition coefficient (Wildman–Crippen LogP) is 3.40. The lowest BCUT2D eigenvalue weighted by Gasteiger charge is -2.27. The summed E-state index contributed by atoms with van der Waals surface area (Å²) in [5.41, 5.74) is 1.84. The van der Waals surface area contributed by atoms with Gasteiger partial charge in [-0.3, -0.25) is 0 Å². The van der Waals surface area contributed by atoms with E-state index in [4.69, 9.17) is 4.74 Å². The molecule has 1 aromatic carbocycles. The van der Waals surface area contributed by atoms with E-state index in [0.29, 0.717) is 0 Å². The second-order valence-corrected chi connectivity index (χ2v) is 6.02. The number of hydrogen-bond acceptors (Lipinski definition) is 4. The molecule has 21 heavy (non-hydrogen) atoms. The molecule has 1 heterocycles. The smallest absolute Gasteiger partial charge is 0.235 e. The molecule has 4 nitrogen and oxygen atoms in total. The van der Waals surface area contributed by atoms with Crippen molar-refractivity contribution in [3.8, 4) is 5.75 Å². The summed E-state index contributed by atoms with van der Waals surface area (Å²) in [4.78, 5) is 17.5. The number of benzene rings is 1. The van der Waals surface area contributed by atoms with Crippen LogP contribution < -0.4 is 9.64 Å². The van der Waals surface area contributed by atoms with Crippen LogP contribution in [0, 0.1) is 0 Å². The summed E-state index contributed by atoms with van der Waals surface area (Å²) in [5, 5.41) is 0. The Bertz CT molecular complexity index is 552. The first-order chi connectivity index (χ1) is 10.3. The lowest BCUT2D eigenvalue weighted by atomic mass is 9.87. The maximum Gasteiger partial charge on any atom is 0.235 e. The van der Waals surface area contributed by atoms with E-state index >= 15 is 0 Å². The molecule has 112 valence electrons. The van der Waals surface area contributed by atoms with Gasteiger partial charge in [0.15, 0.2) is 0 Å². The van der Waals surface area contributed by atoms with Crippen molar-refractivity contribution in [2.75, 3.05) is 25.1 Å². The number of isocyanates is 1. The van der Waals surface area contributed by atoms with Crippen LogP contribution in [0.2, 0.25) is 0 Å². The number of rotatable bonds is 4. The zero-order valence-electron chi connectivity index (χ0n) is 12.6. The van der Waals surface area contributed by atoms with Crippen LogP contribution in [0.5, 0.6) is 5.75 Å². The molecule has 0 unspecified atom stereocenters. The molecular weight excluding hydrogens is 264 g/mol. The third-order valence-corrected chi connectivity index (χ3v) is 4.85. The van der Waals surface area contributed by atoms with E-state index in [1.165, 1.54) is 18.5 Å². The van der Waals surface area contributed by atoms with Gasteiger partial charge in [0, 0.05) is 24.3 Å². The molecule has 2 fully saturated rings. The van der Waals surface area contributed by atoms with Crippen molar-refractivity contribution in [1.82, 2.24) is 0 Å². The predicted molar refractivity (Wildman–Crippen MR) is 82.7 cm³/mol. The topological polar surface area (TPSA) is 41.9 Å². The quantitative estimate of drug-likeness (QED) is 0.629. The summed E-state index contributed by atoms with van der Waals surface area (Å²) < 4.78 is 5.54. The van der Waals surface area contributed by atoms with Crippen molar-refractivity contribution >= 4 is 11.8 Å². The minimum Gasteiger partial charge on any atom is -0.496 e. The number of carbonyl (C=O) groups excluding carboxylic acids is 1. The van der Waals surface area contributed by atoms with Gasteiger partial charge in [0.2, 0.25) is 6.08 Å². The summed E-state index contributed by atoms with van der Waals surface area (Å²) >= 11 is 0. The Morgan fingerprint density at radius 3 is 2.52 bits per heavy atom. The van der Waals surface area contributed by atoms with Crippen LogP contribution >= 0.6 is 0 Å². The van der Waals surface area contributed by atoms with Gasteiger partial charge in [-0.15, -0.1) is 0 Å². The number of ether oxygens (including phenoxy) is 1. The highest BCUT2D eigenvalue weighted by molar-refractivity contribution is 5.57. The van der Waals surface area contributed by atoms with Gasteiger partial charge in [0.25, 0.3) is 0 Å². The summed E-state index contributed by atoms with van der Waals surface area (Å²) in [6.07, 6.45) is 8.30. The fraction of sp³-hybridized carbons (Fsp3) is 0.588. The standard InChI is InChI=1S/C17H22N2O2/c1-21-16-7-6-14(19-10-4-5-11-19)12-15(16)17(18-13-20)8-2-3-9-17/h6-7,12H,2-5,8-11H2,1H3. The summed E-state index contributed by atoms with van der Waals surface area (Å²) in [5.74, 6) is 0.832. The third-order valence-electron chi connectivity index (χ3n) is 4.85. The first kappa shape index (κ1) is 14.2. The van der Waals surface area contributed by atoms with E-state index in [2.05, 4.69) is 22.0 Å². The zero-order valence-corrected chi connectivity index (χ0v) is 12.6. The van der Waals surface area contributed by atoms with Gasteiger partial charge in [-0.05, 0) is 43.9 Å². The maximum absolute atomic E-state index is 10.9. The van der Waals surface area contributed by atoms with Crippen LogP contribution in [0.25, 0.3) is 0 Å². The highest BCUT2D eigenvalue weighted by Gasteiger charge is 2.38. The minimum absolute atomic E-state index is 0.428. The molecule has 0 N–H and O–H groups in total. The van der Waals surface area contributed by atoms with Crippen molar-refractivity contribution in [3.63, 3.8) is 0 Å². The fourth-order valence-corrected chi connectivity index (χ4v) is 3.72. The molecule has 1 saturated carbocycles. The van der Waals surface area contributed by atoms with Crippen LogP contribution in [0.4, 0.5) is 5.69 Å². The highest BCUT2D eigenvalue weighted by Crippen LogP contribution is 2.46. The Hall–Kier alpha value is -1.80. The maximum atomic E-state index is 10.9. The molecule has 0 amide bonds. The molecule has 4 heteroatoms. The Labute approximate surface area is 125 Å². The van der Waals surface area contributed by atoms with Crippen LogP contribution in [0.1, 0.15) is 44.1 Å². The molecule has 1 aliphatic carbocycles. The summed E-state index contributed by atoms with van der Waals surface area (Å²) in [6, 6.07) is 6.31. The normalized spacial score (nSPS) is 20.3. The second kappa shape index (κ2) is 5.90. The average molecular weight is 286 g/mol. The van der Waals surface area contributed by atoms with Gasteiger partial charge in [-0.1, -0.05) is 12.8 Å².